The van der Waals surface area contributed by atoms with E-state index in [4.69, 9.17) is 0 Å². The van der Waals surface area contributed by atoms with Crippen molar-refractivity contribution in [2.45, 2.75) is 24.7 Å². The number of hydrogen-bond acceptors (Lipinski definition) is 6. The highest BCUT2D eigenvalue weighted by Crippen LogP contribution is 2.43. The van der Waals surface area contributed by atoms with Gasteiger partial charge in [-0.1, -0.05) is 6.42 Å². The molecule has 4 rings (SSSR count). The molecule has 121 valence electrons. The third-order valence-corrected chi connectivity index (χ3v) is 5.18. The molecule has 1 saturated carbocycles. The highest BCUT2D eigenvalue weighted by molar-refractivity contribution is 7.12. The number of nitrogens with zero attached hydrogens (tertiary/aromatic N) is 4. The first kappa shape index (κ1) is 15.1. The number of anilines is 1. The van der Waals surface area contributed by atoms with Crippen LogP contribution in [0.15, 0.2) is 36.7 Å². The van der Waals surface area contributed by atoms with Crippen molar-refractivity contribution in [3.63, 3.8) is 0 Å². The van der Waals surface area contributed by atoms with Crippen LogP contribution in [0.1, 0.15) is 25.0 Å². The smallest absolute Gasteiger partial charge is 0.148 e. The molecule has 1 radical (unpaired) electrons. The van der Waals surface area contributed by atoms with Crippen molar-refractivity contribution in [1.29, 1.82) is 0 Å². The number of halogens is 1. The van der Waals surface area contributed by atoms with Crippen LogP contribution in [-0.4, -0.2) is 26.7 Å². The topological polar surface area (TPSA) is 63.6 Å². The van der Waals surface area contributed by atoms with Crippen molar-refractivity contribution in [2.24, 2.45) is 0 Å². The lowest BCUT2D eigenvalue weighted by Crippen LogP contribution is -2.42. The van der Waals surface area contributed by atoms with E-state index in [1.165, 1.54) is 17.4 Å². The lowest BCUT2D eigenvalue weighted by Gasteiger charge is -2.41. The molecule has 0 aromatic carbocycles. The quantitative estimate of drug-likeness (QED) is 0.770. The number of rotatable bonds is 5. The van der Waals surface area contributed by atoms with Gasteiger partial charge >= 0.3 is 0 Å². The summed E-state index contributed by atoms with van der Waals surface area (Å²) < 4.78 is 14.1. The fraction of sp³-hybridized carbons (Fsp3) is 0.294. The molecule has 3 aromatic rings. The van der Waals surface area contributed by atoms with Gasteiger partial charge in [-0.25, -0.2) is 9.37 Å². The largest absolute Gasteiger partial charge is 0.368 e. The Morgan fingerprint density at radius 1 is 1.21 bits per heavy atom. The second kappa shape index (κ2) is 6.24. The zero-order valence-corrected chi connectivity index (χ0v) is 13.7. The molecule has 3 heterocycles. The Balaban J connectivity index is 1.49. The number of aromatic nitrogens is 4. The van der Waals surface area contributed by atoms with E-state index in [2.05, 4.69) is 30.9 Å². The Hall–Kier alpha value is -2.41. The van der Waals surface area contributed by atoms with E-state index in [-0.39, 0.29) is 11.2 Å². The molecular formula is C17H15FN5S. The zero-order chi connectivity index (χ0) is 16.4. The SMILES string of the molecule is Fc1cccnc1C1(CNc2ccc(-c3nc[c]s3)nn2)CCC1. The van der Waals surface area contributed by atoms with Gasteiger partial charge in [0.1, 0.15) is 22.3 Å². The van der Waals surface area contributed by atoms with Crippen molar-refractivity contribution < 1.29 is 4.39 Å². The minimum absolute atomic E-state index is 0.236. The van der Waals surface area contributed by atoms with Gasteiger partial charge in [0.05, 0.1) is 11.1 Å². The molecule has 5 nitrogen and oxygen atoms in total. The van der Waals surface area contributed by atoms with Gasteiger partial charge in [-0.15, -0.1) is 21.5 Å². The van der Waals surface area contributed by atoms with Gasteiger partial charge in [-0.2, -0.15) is 0 Å². The van der Waals surface area contributed by atoms with E-state index in [1.54, 1.807) is 18.5 Å². The number of hydrogen-bond donors (Lipinski definition) is 1. The van der Waals surface area contributed by atoms with E-state index < -0.39 is 0 Å². The summed E-state index contributed by atoms with van der Waals surface area (Å²) in [5.74, 6) is 0.433. The van der Waals surface area contributed by atoms with Crippen LogP contribution in [0.5, 0.6) is 0 Å². The highest BCUT2D eigenvalue weighted by atomic mass is 32.1. The summed E-state index contributed by atoms with van der Waals surface area (Å²) in [7, 11) is 0. The maximum absolute atomic E-state index is 14.1. The molecule has 1 fully saturated rings. The Kier molecular flexibility index (Phi) is 3.93. The summed E-state index contributed by atoms with van der Waals surface area (Å²) in [5.41, 5.74) is 1.02. The van der Waals surface area contributed by atoms with Crippen LogP contribution in [0.25, 0.3) is 10.7 Å². The molecule has 0 unspecified atom stereocenters. The summed E-state index contributed by atoms with van der Waals surface area (Å²) in [6.45, 7) is 0.597. The van der Waals surface area contributed by atoms with E-state index in [0.29, 0.717) is 18.1 Å². The van der Waals surface area contributed by atoms with Crippen molar-refractivity contribution in [3.05, 3.63) is 53.6 Å². The van der Waals surface area contributed by atoms with Gasteiger partial charge in [0.25, 0.3) is 0 Å². The van der Waals surface area contributed by atoms with Crippen LogP contribution in [0.4, 0.5) is 10.2 Å². The van der Waals surface area contributed by atoms with Crippen molar-refractivity contribution in [1.82, 2.24) is 20.2 Å². The predicted octanol–water partition coefficient (Wildman–Crippen LogP) is 3.47. The van der Waals surface area contributed by atoms with Crippen LogP contribution < -0.4 is 5.32 Å². The molecule has 24 heavy (non-hydrogen) atoms. The first-order chi connectivity index (χ1) is 11.8. The fourth-order valence-corrected chi connectivity index (χ4v) is 3.52. The lowest BCUT2D eigenvalue weighted by molar-refractivity contribution is 0.243. The predicted molar refractivity (Wildman–Crippen MR) is 90.2 cm³/mol. The fourth-order valence-electron chi connectivity index (χ4n) is 2.99. The van der Waals surface area contributed by atoms with Crippen molar-refractivity contribution in [2.75, 3.05) is 11.9 Å². The van der Waals surface area contributed by atoms with E-state index in [0.717, 1.165) is 30.0 Å². The molecule has 1 aliphatic rings. The third kappa shape index (κ3) is 2.75. The van der Waals surface area contributed by atoms with E-state index >= 15 is 0 Å². The van der Waals surface area contributed by atoms with Crippen LogP contribution in [-0.2, 0) is 5.41 Å². The van der Waals surface area contributed by atoms with E-state index in [1.807, 2.05) is 12.1 Å². The molecule has 0 bridgehead atoms. The van der Waals surface area contributed by atoms with Crippen LogP contribution >= 0.6 is 11.3 Å². The number of pyridine rings is 1. The first-order valence-electron chi connectivity index (χ1n) is 7.78. The highest BCUT2D eigenvalue weighted by Gasteiger charge is 2.41. The maximum atomic E-state index is 14.1. The normalized spacial score (nSPS) is 15.7. The molecule has 1 N–H and O–H groups in total. The maximum Gasteiger partial charge on any atom is 0.148 e. The molecule has 1 aliphatic carbocycles. The monoisotopic (exact) mass is 340 g/mol. The van der Waals surface area contributed by atoms with Crippen LogP contribution in [0.3, 0.4) is 0 Å². The Morgan fingerprint density at radius 2 is 2.12 bits per heavy atom. The standard InChI is InChI=1S/C17H15FN5S/c18-12-3-1-8-19-15(12)17(6-2-7-17)11-21-14-5-4-13(22-23-14)16-20-9-10-24-16/h1,3-5,8-9H,2,6-7,11H2,(H,21,23). The van der Waals surface area contributed by atoms with Crippen molar-refractivity contribution in [3.8, 4) is 10.7 Å². The van der Waals surface area contributed by atoms with E-state index in [9.17, 15) is 4.39 Å². The summed E-state index contributed by atoms with van der Waals surface area (Å²) in [4.78, 5) is 8.43. The molecular weight excluding hydrogens is 325 g/mol. The second-order valence-electron chi connectivity index (χ2n) is 5.91. The molecule has 3 aromatic heterocycles. The molecule has 0 amide bonds. The summed E-state index contributed by atoms with van der Waals surface area (Å²) >= 11 is 1.40. The van der Waals surface area contributed by atoms with Gasteiger partial charge in [0, 0.05) is 24.4 Å². The van der Waals surface area contributed by atoms with Crippen molar-refractivity contribution >= 4 is 17.2 Å². The molecule has 7 heteroatoms. The summed E-state index contributed by atoms with van der Waals surface area (Å²) in [5, 5.41) is 15.4. The average molecular weight is 340 g/mol. The molecule has 0 spiro atoms. The van der Waals surface area contributed by atoms with Gasteiger partial charge < -0.3 is 5.32 Å². The minimum atomic E-state index is -0.254. The second-order valence-corrected chi connectivity index (χ2v) is 6.73. The summed E-state index contributed by atoms with van der Waals surface area (Å²) in [6, 6.07) is 6.84. The third-order valence-electron chi connectivity index (χ3n) is 4.45. The van der Waals surface area contributed by atoms with Gasteiger partial charge in [-0.05, 0) is 37.1 Å². The molecule has 0 saturated heterocycles. The van der Waals surface area contributed by atoms with Gasteiger partial charge in [0.15, 0.2) is 0 Å². The minimum Gasteiger partial charge on any atom is -0.368 e. The molecule has 0 aliphatic heterocycles. The Bertz CT molecular complexity index is 815. The van der Waals surface area contributed by atoms with Crippen LogP contribution in [0.2, 0.25) is 0 Å². The first-order valence-corrected chi connectivity index (χ1v) is 8.59. The van der Waals surface area contributed by atoms with Crippen LogP contribution in [0, 0.1) is 11.2 Å². The zero-order valence-electron chi connectivity index (χ0n) is 12.9. The van der Waals surface area contributed by atoms with Gasteiger partial charge in [-0.3, -0.25) is 4.98 Å². The summed E-state index contributed by atoms with van der Waals surface area (Å²) in [6.07, 6.45) is 6.21. The molecule has 0 atom stereocenters. The average Bonchev–Trinajstić information content (AvgIpc) is 3.10. The lowest BCUT2D eigenvalue weighted by atomic mass is 9.66. The van der Waals surface area contributed by atoms with Gasteiger partial charge in [0.2, 0.25) is 0 Å². The Labute approximate surface area is 143 Å². The number of thiazole rings is 1. The Morgan fingerprint density at radius 3 is 2.75 bits per heavy atom. The number of nitrogens with one attached hydrogen (secondary N) is 1.